The average Bonchev–Trinajstić information content (AvgIpc) is 2.78. The Morgan fingerprint density at radius 2 is 1.21 bits per heavy atom. The van der Waals surface area contributed by atoms with Gasteiger partial charge in [-0.15, -0.1) is 0 Å². The molecule has 1 aliphatic rings. The molecule has 1 atom stereocenters. The van der Waals surface area contributed by atoms with E-state index in [-0.39, 0.29) is 0 Å². The van der Waals surface area contributed by atoms with E-state index in [1.807, 2.05) is 0 Å². The van der Waals surface area contributed by atoms with E-state index in [1.54, 1.807) is 0 Å². The summed E-state index contributed by atoms with van der Waals surface area (Å²) in [6.07, 6.45) is 6.91. The van der Waals surface area contributed by atoms with Crippen LogP contribution in [0.3, 0.4) is 0 Å². The van der Waals surface area contributed by atoms with Gasteiger partial charge in [0.2, 0.25) is 0 Å². The molecule has 0 radical (unpaired) electrons. The summed E-state index contributed by atoms with van der Waals surface area (Å²) in [5.41, 5.74) is 1.49. The van der Waals surface area contributed by atoms with E-state index in [4.69, 9.17) is 0 Å². The van der Waals surface area contributed by atoms with Crippen LogP contribution >= 0.6 is 0 Å². The monoisotopic (exact) mass is 474 g/mol. The number of carboxylic acid groups (broad SMARTS) is 4. The maximum Gasteiger partial charge on any atom is 0.0643 e. The van der Waals surface area contributed by atoms with E-state index in [1.165, 1.54) is 44.3 Å². The van der Waals surface area contributed by atoms with Crippen LogP contribution in [0.25, 0.3) is 0 Å². The molecule has 0 aliphatic carbocycles. The van der Waals surface area contributed by atoms with Gasteiger partial charge in [-0.25, -0.2) is 0 Å². The molecular formula is C24H30N2O8-4. The molecule has 1 aromatic carbocycles. The lowest BCUT2D eigenvalue weighted by molar-refractivity contribution is -0.301. The zero-order valence-electron chi connectivity index (χ0n) is 19.4. The standard InChI is InChI=1S/C16H26N2.2C4H4O4/c1-17(2)14-11-16(15-9-5-3-6-10-15)18-12-7-4-8-13-18;2*5-3(6)1-2-4(7)8/h3,5-6,9-10,16H,4,7-8,11-14H2,1-2H3;2*1-2H,(H,5,6)(H,7,8)/p-4/b;2*2-1-. The Kier molecular flexibility index (Phi) is 16.1. The summed E-state index contributed by atoms with van der Waals surface area (Å²) in [6.45, 7) is 3.70. The minimum absolute atomic E-state index is 0.384. The molecule has 1 aliphatic heterocycles. The first kappa shape index (κ1) is 30.5. The maximum absolute atomic E-state index is 9.41. The Hall–Kier alpha value is -3.50. The molecule has 0 bridgehead atoms. The van der Waals surface area contributed by atoms with E-state index in [2.05, 4.69) is 54.2 Å². The highest BCUT2D eigenvalue weighted by molar-refractivity contribution is 5.88. The number of rotatable bonds is 9. The van der Waals surface area contributed by atoms with Gasteiger partial charge in [0.15, 0.2) is 0 Å². The van der Waals surface area contributed by atoms with Gasteiger partial charge in [-0.3, -0.25) is 4.90 Å². The Balaban J connectivity index is 0.000000570. The number of carbonyl (C=O) groups is 4. The highest BCUT2D eigenvalue weighted by Crippen LogP contribution is 2.27. The largest absolute Gasteiger partial charge is 0.545 e. The van der Waals surface area contributed by atoms with Crippen molar-refractivity contribution in [2.24, 2.45) is 0 Å². The molecule has 1 fully saturated rings. The molecular weight excluding hydrogens is 444 g/mol. The van der Waals surface area contributed by atoms with Crippen LogP contribution < -0.4 is 20.4 Å². The fourth-order valence-electron chi connectivity index (χ4n) is 3.12. The first-order valence-corrected chi connectivity index (χ1v) is 10.7. The highest BCUT2D eigenvalue weighted by atomic mass is 16.4. The van der Waals surface area contributed by atoms with Crippen LogP contribution in [0.4, 0.5) is 0 Å². The third kappa shape index (κ3) is 17.1. The second kappa shape index (κ2) is 18.0. The molecule has 0 amide bonds. The van der Waals surface area contributed by atoms with Crippen molar-refractivity contribution in [3.8, 4) is 0 Å². The highest BCUT2D eigenvalue weighted by Gasteiger charge is 2.21. The normalized spacial score (nSPS) is 14.6. The van der Waals surface area contributed by atoms with E-state index < -0.39 is 23.9 Å². The zero-order valence-corrected chi connectivity index (χ0v) is 19.4. The van der Waals surface area contributed by atoms with Gasteiger partial charge >= 0.3 is 0 Å². The lowest BCUT2D eigenvalue weighted by Crippen LogP contribution is -2.35. The van der Waals surface area contributed by atoms with Crippen LogP contribution in [0.1, 0.15) is 37.3 Å². The van der Waals surface area contributed by atoms with Crippen molar-refractivity contribution >= 4 is 23.9 Å². The summed E-state index contributed by atoms with van der Waals surface area (Å²) in [5, 5.41) is 37.7. The van der Waals surface area contributed by atoms with Crippen LogP contribution in [0.15, 0.2) is 54.6 Å². The minimum Gasteiger partial charge on any atom is -0.545 e. The summed E-state index contributed by atoms with van der Waals surface area (Å²) in [6, 6.07) is 11.6. The van der Waals surface area contributed by atoms with E-state index in [0.29, 0.717) is 30.3 Å². The van der Waals surface area contributed by atoms with Gasteiger partial charge in [-0.05, 0) is 82.9 Å². The number of benzene rings is 1. The van der Waals surface area contributed by atoms with Gasteiger partial charge in [-0.2, -0.15) is 0 Å². The number of nitrogens with zero attached hydrogens (tertiary/aromatic N) is 2. The topological polar surface area (TPSA) is 167 Å². The van der Waals surface area contributed by atoms with Gasteiger partial charge in [-0.1, -0.05) is 36.8 Å². The summed E-state index contributed by atoms with van der Waals surface area (Å²) >= 11 is 0. The van der Waals surface area contributed by atoms with Gasteiger partial charge in [0.1, 0.15) is 0 Å². The van der Waals surface area contributed by atoms with E-state index in [0.717, 1.165) is 6.54 Å². The Bertz CT molecular complexity index is 750. The Morgan fingerprint density at radius 1 is 0.794 bits per heavy atom. The summed E-state index contributed by atoms with van der Waals surface area (Å²) in [5.74, 6) is -6.19. The van der Waals surface area contributed by atoms with Crippen molar-refractivity contribution in [1.82, 2.24) is 9.80 Å². The summed E-state index contributed by atoms with van der Waals surface area (Å²) in [4.78, 5) is 42.6. The quantitative estimate of drug-likeness (QED) is 0.342. The van der Waals surface area contributed by atoms with Crippen LogP contribution in [-0.2, 0) is 19.2 Å². The van der Waals surface area contributed by atoms with Gasteiger partial charge in [0.25, 0.3) is 0 Å². The molecule has 1 heterocycles. The third-order valence-corrected chi connectivity index (χ3v) is 4.58. The minimum atomic E-state index is -1.55. The van der Waals surface area contributed by atoms with Crippen LogP contribution in [0, 0.1) is 0 Å². The fraction of sp³-hybridized carbons (Fsp3) is 0.417. The molecule has 2 rings (SSSR count). The van der Waals surface area contributed by atoms with Crippen molar-refractivity contribution in [2.75, 3.05) is 33.7 Å². The molecule has 10 heteroatoms. The van der Waals surface area contributed by atoms with Crippen molar-refractivity contribution in [2.45, 2.75) is 31.7 Å². The maximum atomic E-state index is 9.41. The zero-order chi connectivity index (χ0) is 25.9. The summed E-state index contributed by atoms with van der Waals surface area (Å²) in [7, 11) is 4.33. The Morgan fingerprint density at radius 3 is 1.56 bits per heavy atom. The number of piperidine rings is 1. The predicted molar refractivity (Wildman–Crippen MR) is 116 cm³/mol. The smallest absolute Gasteiger partial charge is 0.0643 e. The number of hydrogen-bond donors (Lipinski definition) is 0. The first-order chi connectivity index (χ1) is 16.0. The predicted octanol–water partition coefficient (Wildman–Crippen LogP) is -2.75. The molecule has 0 spiro atoms. The average molecular weight is 475 g/mol. The molecule has 0 N–H and O–H groups in total. The van der Waals surface area contributed by atoms with Crippen LogP contribution in [0.5, 0.6) is 0 Å². The molecule has 10 nitrogen and oxygen atoms in total. The SMILES string of the molecule is CN(C)CCC(c1ccccc1)N1CCCCC1.O=C([O-])/C=C\C(=O)[O-].O=C([O-])/C=C\C(=O)[O-]. The fourth-order valence-corrected chi connectivity index (χ4v) is 3.12. The lowest BCUT2D eigenvalue weighted by Gasteiger charge is -2.35. The number of hydrogen-bond acceptors (Lipinski definition) is 10. The molecule has 188 valence electrons. The molecule has 1 unspecified atom stereocenters. The molecule has 0 aromatic heterocycles. The van der Waals surface area contributed by atoms with E-state index in [9.17, 15) is 39.6 Å². The van der Waals surface area contributed by atoms with Gasteiger partial charge < -0.3 is 44.5 Å². The third-order valence-electron chi connectivity index (χ3n) is 4.58. The van der Waals surface area contributed by atoms with Crippen molar-refractivity contribution in [1.29, 1.82) is 0 Å². The first-order valence-electron chi connectivity index (χ1n) is 10.7. The number of carboxylic acids is 4. The van der Waals surface area contributed by atoms with Crippen molar-refractivity contribution in [3.63, 3.8) is 0 Å². The number of carbonyl (C=O) groups excluding carboxylic acids is 4. The molecule has 1 saturated heterocycles. The lowest BCUT2D eigenvalue weighted by atomic mass is 9.99. The van der Waals surface area contributed by atoms with Crippen molar-refractivity contribution < 1.29 is 39.6 Å². The van der Waals surface area contributed by atoms with Gasteiger partial charge in [0, 0.05) is 6.04 Å². The second-order valence-corrected chi connectivity index (χ2v) is 7.56. The molecule has 1 aromatic rings. The van der Waals surface area contributed by atoms with Gasteiger partial charge in [0.05, 0.1) is 23.9 Å². The summed E-state index contributed by atoms with van der Waals surface area (Å²) < 4.78 is 0. The van der Waals surface area contributed by atoms with Crippen molar-refractivity contribution in [3.05, 3.63) is 60.2 Å². The van der Waals surface area contributed by atoms with Crippen LogP contribution in [-0.4, -0.2) is 67.4 Å². The molecule has 0 saturated carbocycles. The second-order valence-electron chi connectivity index (χ2n) is 7.56. The van der Waals surface area contributed by atoms with Crippen LogP contribution in [0.2, 0.25) is 0 Å². The number of aliphatic carboxylic acids is 4. The number of likely N-dealkylation sites (tertiary alicyclic amines) is 1. The Labute approximate surface area is 199 Å². The molecule has 34 heavy (non-hydrogen) atoms. The van der Waals surface area contributed by atoms with E-state index >= 15 is 0 Å².